The topological polar surface area (TPSA) is 69.6 Å². The van der Waals surface area contributed by atoms with Gasteiger partial charge in [0, 0.05) is 0 Å². The van der Waals surface area contributed by atoms with Crippen LogP contribution >= 0.6 is 0 Å². The summed E-state index contributed by atoms with van der Waals surface area (Å²) in [6, 6.07) is -0.276. The quantitative estimate of drug-likeness (QED) is 0.642. The summed E-state index contributed by atoms with van der Waals surface area (Å²) in [4.78, 5) is 23.7. The molecule has 1 heterocycles. The van der Waals surface area contributed by atoms with Crippen molar-refractivity contribution in [3.8, 4) is 12.3 Å². The Labute approximate surface area is 94.8 Å². The highest BCUT2D eigenvalue weighted by Gasteiger charge is 2.26. The lowest BCUT2D eigenvalue weighted by molar-refractivity contribution is -0.145. The highest BCUT2D eigenvalue weighted by Crippen LogP contribution is 2.09. The molecule has 1 rings (SSSR count). The molecule has 1 atom stereocenters. The molecule has 1 saturated heterocycles. The van der Waals surface area contributed by atoms with Crippen molar-refractivity contribution in [3.05, 3.63) is 0 Å². The molecule has 0 aromatic rings. The third-order valence-corrected chi connectivity index (χ3v) is 2.53. The summed E-state index contributed by atoms with van der Waals surface area (Å²) in [6.07, 6.45) is 7.90. The number of nitrogens with one attached hydrogen (secondary N) is 1. The molecule has 1 amide bonds. The fourth-order valence-electron chi connectivity index (χ4n) is 1.77. The zero-order valence-corrected chi connectivity index (χ0v) is 9.11. The Bertz CT molecular complexity index is 303. The number of terminal acetylenes is 1. The molecule has 0 spiro atoms. The average Bonchev–Trinajstić information content (AvgIpc) is 2.28. The molecule has 0 radical (unpaired) electrons. The molecular weight excluding hydrogens is 208 g/mol. The van der Waals surface area contributed by atoms with Crippen molar-refractivity contribution in [1.82, 2.24) is 10.2 Å². The van der Waals surface area contributed by atoms with Crippen LogP contribution in [0.4, 0.5) is 0 Å². The van der Waals surface area contributed by atoms with Crippen molar-refractivity contribution in [2.45, 2.75) is 25.3 Å². The fraction of sp³-hybridized carbons (Fsp3) is 0.636. The van der Waals surface area contributed by atoms with Crippen molar-refractivity contribution in [3.63, 3.8) is 0 Å². The largest absolute Gasteiger partial charge is 0.480 e. The number of hydrogen-bond donors (Lipinski definition) is 2. The minimum Gasteiger partial charge on any atom is -0.480 e. The molecule has 1 fully saturated rings. The van der Waals surface area contributed by atoms with Crippen LogP contribution < -0.4 is 5.32 Å². The Morgan fingerprint density at radius 2 is 2.25 bits per heavy atom. The van der Waals surface area contributed by atoms with E-state index < -0.39 is 5.97 Å². The minimum atomic E-state index is -1.04. The number of hydrogen-bond acceptors (Lipinski definition) is 3. The predicted octanol–water partition coefficient (Wildman–Crippen LogP) is -0.325. The predicted molar refractivity (Wildman–Crippen MR) is 58.7 cm³/mol. The Hall–Kier alpha value is -1.54. The zero-order chi connectivity index (χ0) is 12.0. The van der Waals surface area contributed by atoms with Crippen molar-refractivity contribution < 1.29 is 14.7 Å². The monoisotopic (exact) mass is 224 g/mol. The van der Waals surface area contributed by atoms with Crippen LogP contribution in [0, 0.1) is 12.3 Å². The van der Waals surface area contributed by atoms with Gasteiger partial charge in [0.25, 0.3) is 0 Å². The van der Waals surface area contributed by atoms with Gasteiger partial charge in [-0.05, 0) is 19.4 Å². The molecule has 16 heavy (non-hydrogen) atoms. The first-order valence-electron chi connectivity index (χ1n) is 5.32. The molecule has 1 aliphatic rings. The Balaban J connectivity index is 2.58. The van der Waals surface area contributed by atoms with Crippen LogP contribution in [0.15, 0.2) is 0 Å². The number of carbonyl (C=O) groups is 2. The molecule has 88 valence electrons. The van der Waals surface area contributed by atoms with Gasteiger partial charge in [0.15, 0.2) is 0 Å². The van der Waals surface area contributed by atoms with E-state index in [4.69, 9.17) is 11.5 Å². The minimum absolute atomic E-state index is 0.0450. The van der Waals surface area contributed by atoms with Gasteiger partial charge < -0.3 is 15.3 Å². The third kappa shape index (κ3) is 3.55. The summed E-state index contributed by atoms with van der Waals surface area (Å²) in [7, 11) is 0. The van der Waals surface area contributed by atoms with Crippen LogP contribution in [0.25, 0.3) is 0 Å². The first-order valence-corrected chi connectivity index (χ1v) is 5.32. The first-order chi connectivity index (χ1) is 7.65. The maximum absolute atomic E-state index is 11.9. The number of piperidine rings is 1. The van der Waals surface area contributed by atoms with Crippen molar-refractivity contribution in [2.24, 2.45) is 0 Å². The highest BCUT2D eigenvalue weighted by molar-refractivity contribution is 5.85. The molecular formula is C11H16N2O3. The van der Waals surface area contributed by atoms with Gasteiger partial charge in [-0.2, -0.15) is 0 Å². The molecule has 5 nitrogen and oxygen atoms in total. The number of carbonyl (C=O) groups excluding carboxylic acids is 1. The van der Waals surface area contributed by atoms with Gasteiger partial charge in [-0.1, -0.05) is 12.3 Å². The fourth-order valence-corrected chi connectivity index (χ4v) is 1.77. The molecule has 0 saturated carbocycles. The van der Waals surface area contributed by atoms with Gasteiger partial charge in [-0.15, -0.1) is 6.42 Å². The standard InChI is InChI=1S/C11H16N2O3/c1-2-7-13(8-10(14)15)11(16)9-5-3-4-6-12-9/h1,9,12H,3-8H2,(H,14,15)/t9-/m1/s1. The number of rotatable bonds is 4. The highest BCUT2D eigenvalue weighted by atomic mass is 16.4. The second-order valence-corrected chi connectivity index (χ2v) is 3.79. The smallest absolute Gasteiger partial charge is 0.323 e. The molecule has 1 aliphatic heterocycles. The van der Waals surface area contributed by atoms with E-state index >= 15 is 0 Å². The number of carboxylic acid groups (broad SMARTS) is 1. The van der Waals surface area contributed by atoms with E-state index in [1.807, 2.05) is 0 Å². The second kappa shape index (κ2) is 6.13. The van der Waals surface area contributed by atoms with E-state index in [9.17, 15) is 9.59 Å². The molecule has 0 unspecified atom stereocenters. The summed E-state index contributed by atoms with van der Waals surface area (Å²) >= 11 is 0. The summed E-state index contributed by atoms with van der Waals surface area (Å²) in [6.45, 7) is 0.512. The van der Waals surface area contributed by atoms with Gasteiger partial charge >= 0.3 is 5.97 Å². The van der Waals surface area contributed by atoms with Gasteiger partial charge in [0.1, 0.15) is 6.54 Å². The van der Waals surface area contributed by atoms with E-state index in [-0.39, 0.29) is 25.0 Å². The van der Waals surface area contributed by atoms with E-state index in [2.05, 4.69) is 11.2 Å². The van der Waals surface area contributed by atoms with E-state index in [1.54, 1.807) is 0 Å². The van der Waals surface area contributed by atoms with Crippen molar-refractivity contribution >= 4 is 11.9 Å². The summed E-state index contributed by atoms with van der Waals surface area (Å²) in [5.41, 5.74) is 0. The van der Waals surface area contributed by atoms with E-state index in [0.29, 0.717) is 0 Å². The molecule has 2 N–H and O–H groups in total. The molecule has 5 heteroatoms. The van der Waals surface area contributed by atoms with Crippen LogP contribution in [0.1, 0.15) is 19.3 Å². The Kier molecular flexibility index (Phi) is 4.80. The van der Waals surface area contributed by atoms with Crippen molar-refractivity contribution in [1.29, 1.82) is 0 Å². The number of aliphatic carboxylic acids is 1. The number of nitrogens with zero attached hydrogens (tertiary/aromatic N) is 1. The second-order valence-electron chi connectivity index (χ2n) is 3.79. The number of carboxylic acids is 1. The van der Waals surface area contributed by atoms with E-state index in [0.717, 1.165) is 25.8 Å². The van der Waals surface area contributed by atoms with Crippen LogP contribution in [0.2, 0.25) is 0 Å². The maximum Gasteiger partial charge on any atom is 0.323 e. The van der Waals surface area contributed by atoms with Gasteiger partial charge in [0.2, 0.25) is 5.91 Å². The van der Waals surface area contributed by atoms with Crippen molar-refractivity contribution in [2.75, 3.05) is 19.6 Å². The normalized spacial score (nSPS) is 19.8. The van der Waals surface area contributed by atoms with Gasteiger partial charge in [-0.3, -0.25) is 9.59 Å². The molecule has 0 aromatic heterocycles. The Morgan fingerprint density at radius 3 is 2.75 bits per heavy atom. The molecule has 0 aromatic carbocycles. The summed E-state index contributed by atoms with van der Waals surface area (Å²) in [5, 5.41) is 11.8. The summed E-state index contributed by atoms with van der Waals surface area (Å²) in [5.74, 6) is 1.06. The maximum atomic E-state index is 11.9. The number of amides is 1. The Morgan fingerprint density at radius 1 is 1.50 bits per heavy atom. The molecule has 0 aliphatic carbocycles. The van der Waals surface area contributed by atoms with Gasteiger partial charge in [0.05, 0.1) is 12.6 Å². The first kappa shape index (κ1) is 12.5. The SMILES string of the molecule is C#CCN(CC(=O)O)C(=O)[C@H]1CCCCN1. The van der Waals surface area contributed by atoms with Crippen LogP contribution in [0.3, 0.4) is 0 Å². The van der Waals surface area contributed by atoms with E-state index in [1.165, 1.54) is 4.90 Å². The lowest BCUT2D eigenvalue weighted by Gasteiger charge is -2.27. The lowest BCUT2D eigenvalue weighted by Crippen LogP contribution is -2.50. The van der Waals surface area contributed by atoms with Crippen LogP contribution in [-0.4, -0.2) is 47.6 Å². The van der Waals surface area contributed by atoms with Gasteiger partial charge in [-0.25, -0.2) is 0 Å². The van der Waals surface area contributed by atoms with Crippen LogP contribution in [0.5, 0.6) is 0 Å². The summed E-state index contributed by atoms with van der Waals surface area (Å²) < 4.78 is 0. The lowest BCUT2D eigenvalue weighted by atomic mass is 10.0. The average molecular weight is 224 g/mol. The molecule has 0 bridgehead atoms. The van der Waals surface area contributed by atoms with Crippen LogP contribution in [-0.2, 0) is 9.59 Å². The third-order valence-electron chi connectivity index (χ3n) is 2.53. The zero-order valence-electron chi connectivity index (χ0n) is 9.11.